The third-order valence-corrected chi connectivity index (χ3v) is 6.66. The number of halogens is 3. The molecule has 1 aliphatic rings. The molecule has 5 aromatic rings. The molecule has 190 valence electrons. The highest BCUT2D eigenvalue weighted by molar-refractivity contribution is 6.13. The predicted molar refractivity (Wildman–Crippen MR) is 139 cm³/mol. The van der Waals surface area contributed by atoms with Gasteiger partial charge in [-0.1, -0.05) is 12.1 Å². The van der Waals surface area contributed by atoms with Gasteiger partial charge in [-0.2, -0.15) is 0 Å². The van der Waals surface area contributed by atoms with Gasteiger partial charge in [-0.25, -0.2) is 13.2 Å². The van der Waals surface area contributed by atoms with Gasteiger partial charge in [0.2, 0.25) is 0 Å². The van der Waals surface area contributed by atoms with E-state index in [1.165, 1.54) is 0 Å². The normalized spacial score (nSPS) is 12.5. The molecule has 0 aliphatic carbocycles. The van der Waals surface area contributed by atoms with E-state index in [4.69, 9.17) is 0 Å². The van der Waals surface area contributed by atoms with Gasteiger partial charge in [-0.05, 0) is 65.6 Å². The van der Waals surface area contributed by atoms with Crippen molar-refractivity contribution in [1.82, 2.24) is 9.55 Å². The molecule has 6 rings (SSSR count). The highest BCUT2D eigenvalue weighted by Crippen LogP contribution is 2.37. The molecule has 0 saturated carbocycles. The Morgan fingerprint density at radius 3 is 2.45 bits per heavy atom. The van der Waals surface area contributed by atoms with Crippen LogP contribution >= 0.6 is 0 Å². The summed E-state index contributed by atoms with van der Waals surface area (Å²) in [6.45, 7) is 0.114. The smallest absolute Gasteiger partial charge is 0.257 e. The number of carbonyl (C=O) groups is 1. The lowest BCUT2D eigenvalue weighted by Crippen LogP contribution is -2.10. The molecule has 0 atom stereocenters. The summed E-state index contributed by atoms with van der Waals surface area (Å²) in [5.74, 6) is -4.24. The number of aliphatic hydroxyl groups is 1. The van der Waals surface area contributed by atoms with Crippen molar-refractivity contribution in [2.24, 2.45) is 0 Å². The van der Waals surface area contributed by atoms with Crippen LogP contribution in [-0.2, 0) is 13.0 Å². The first kappa shape index (κ1) is 23.7. The van der Waals surface area contributed by atoms with Crippen molar-refractivity contribution in [2.75, 3.05) is 17.2 Å². The van der Waals surface area contributed by atoms with E-state index in [0.717, 1.165) is 45.4 Å². The number of anilines is 3. The number of aliphatic hydroxyl groups excluding tert-OH is 1. The first-order chi connectivity index (χ1) is 18.4. The lowest BCUT2D eigenvalue weighted by atomic mass is 10.0. The van der Waals surface area contributed by atoms with E-state index >= 15 is 0 Å². The fourth-order valence-corrected chi connectivity index (χ4v) is 4.83. The Morgan fingerprint density at radius 1 is 0.842 bits per heavy atom. The summed E-state index contributed by atoms with van der Waals surface area (Å²) >= 11 is 0. The maximum atomic E-state index is 13.8. The Hall–Kier alpha value is -4.63. The summed E-state index contributed by atoms with van der Waals surface area (Å²) in [7, 11) is 0. The summed E-state index contributed by atoms with van der Waals surface area (Å²) in [4.78, 5) is 17.2. The van der Waals surface area contributed by atoms with Crippen LogP contribution in [0.3, 0.4) is 0 Å². The number of benzene rings is 3. The average molecular weight is 515 g/mol. The fraction of sp³-hybridized carbons (Fsp3) is 0.103. The molecular weight excluding hydrogens is 493 g/mol. The summed E-state index contributed by atoms with van der Waals surface area (Å²) in [5.41, 5.74) is 5.99. The van der Waals surface area contributed by atoms with Gasteiger partial charge in [-0.3, -0.25) is 9.78 Å². The fourth-order valence-electron chi connectivity index (χ4n) is 4.83. The molecule has 9 heteroatoms. The average Bonchev–Trinajstić information content (AvgIpc) is 3.20. The Labute approximate surface area is 215 Å². The Morgan fingerprint density at radius 2 is 1.66 bits per heavy atom. The minimum atomic E-state index is -1.50. The maximum absolute atomic E-state index is 13.8. The van der Waals surface area contributed by atoms with Gasteiger partial charge in [0.05, 0.1) is 34.3 Å². The van der Waals surface area contributed by atoms with Gasteiger partial charge in [-0.15, -0.1) is 0 Å². The molecule has 6 nitrogen and oxygen atoms in total. The topological polar surface area (TPSA) is 79.2 Å². The molecule has 0 saturated heterocycles. The van der Waals surface area contributed by atoms with Crippen molar-refractivity contribution in [3.8, 4) is 11.1 Å². The van der Waals surface area contributed by atoms with Gasteiger partial charge in [0, 0.05) is 36.5 Å². The number of aromatic nitrogens is 2. The SMILES string of the molecule is O=C1Nc2cc(CCO)ccc2Nc2cc(-c3cn(Cc4cc(F)c(F)c(F)c4)c4cnccc34)ccc21. The lowest BCUT2D eigenvalue weighted by Gasteiger charge is -2.11. The van der Waals surface area contributed by atoms with E-state index in [1.54, 1.807) is 23.0 Å². The molecule has 0 bridgehead atoms. The van der Waals surface area contributed by atoms with Gasteiger partial charge >= 0.3 is 0 Å². The van der Waals surface area contributed by atoms with E-state index in [2.05, 4.69) is 15.6 Å². The Kier molecular flexibility index (Phi) is 5.84. The zero-order valence-corrected chi connectivity index (χ0v) is 19.9. The van der Waals surface area contributed by atoms with Gasteiger partial charge in [0.1, 0.15) is 0 Å². The van der Waals surface area contributed by atoms with E-state index in [0.29, 0.717) is 23.4 Å². The van der Waals surface area contributed by atoms with Crippen LogP contribution in [0.15, 0.2) is 73.2 Å². The number of rotatable bonds is 5. The first-order valence-corrected chi connectivity index (χ1v) is 11.9. The number of nitrogens with one attached hydrogen (secondary N) is 2. The van der Waals surface area contributed by atoms with Crippen LogP contribution in [0.2, 0.25) is 0 Å². The van der Waals surface area contributed by atoms with Crippen molar-refractivity contribution in [1.29, 1.82) is 0 Å². The van der Waals surface area contributed by atoms with E-state index < -0.39 is 17.5 Å². The first-order valence-electron chi connectivity index (χ1n) is 11.9. The molecular formula is C29H21F3N4O2. The summed E-state index contributed by atoms with van der Waals surface area (Å²) in [5, 5.41) is 16.4. The van der Waals surface area contributed by atoms with Crippen molar-refractivity contribution in [2.45, 2.75) is 13.0 Å². The van der Waals surface area contributed by atoms with Crippen LogP contribution < -0.4 is 10.6 Å². The minimum absolute atomic E-state index is 0.0118. The standard InChI is InChI=1S/C29H21F3N4O2/c30-22-9-17(10-23(31)28(22)32)14-36-15-21(19-5-7-33-13-27(19)36)18-2-3-20-25(12-18)34-24-4-1-16(6-8-37)11-26(24)35-29(20)38/h1-5,7,9-13,15,34,37H,6,8,14H2,(H,35,38). The number of hydrogen-bond donors (Lipinski definition) is 3. The summed E-state index contributed by atoms with van der Waals surface area (Å²) in [6, 6.07) is 14.9. The monoisotopic (exact) mass is 514 g/mol. The summed E-state index contributed by atoms with van der Waals surface area (Å²) < 4.78 is 42.9. The number of hydrogen-bond acceptors (Lipinski definition) is 4. The second-order valence-corrected chi connectivity index (χ2v) is 9.13. The van der Waals surface area contributed by atoms with Crippen LogP contribution in [-0.4, -0.2) is 27.2 Å². The third-order valence-electron chi connectivity index (χ3n) is 6.66. The molecule has 1 aliphatic heterocycles. The number of fused-ring (bicyclic) bond motifs is 3. The molecule has 38 heavy (non-hydrogen) atoms. The molecule has 0 fully saturated rings. The number of amides is 1. The second kappa shape index (κ2) is 9.35. The van der Waals surface area contributed by atoms with Crippen LogP contribution in [0.1, 0.15) is 21.5 Å². The van der Waals surface area contributed by atoms with Crippen molar-refractivity contribution < 1.29 is 23.1 Å². The van der Waals surface area contributed by atoms with Gasteiger partial charge in [0.25, 0.3) is 5.91 Å². The second-order valence-electron chi connectivity index (χ2n) is 9.13. The quantitative estimate of drug-likeness (QED) is 0.251. The Balaban J connectivity index is 1.41. The predicted octanol–water partition coefficient (Wildman–Crippen LogP) is 6.01. The molecule has 0 radical (unpaired) electrons. The molecule has 3 N–H and O–H groups in total. The Bertz CT molecular complexity index is 1710. The van der Waals surface area contributed by atoms with Crippen molar-refractivity contribution in [3.63, 3.8) is 0 Å². The van der Waals surface area contributed by atoms with Crippen molar-refractivity contribution in [3.05, 3.63) is 107 Å². The highest BCUT2D eigenvalue weighted by atomic mass is 19.2. The largest absolute Gasteiger partial charge is 0.396 e. The van der Waals surface area contributed by atoms with Gasteiger partial charge < -0.3 is 20.3 Å². The molecule has 0 spiro atoms. The molecule has 0 unspecified atom stereocenters. The van der Waals surface area contributed by atoms with E-state index in [1.807, 2.05) is 42.6 Å². The van der Waals surface area contributed by atoms with E-state index in [-0.39, 0.29) is 24.6 Å². The lowest BCUT2D eigenvalue weighted by molar-refractivity contribution is 0.102. The van der Waals surface area contributed by atoms with E-state index in [9.17, 15) is 23.1 Å². The molecule has 1 amide bonds. The van der Waals surface area contributed by atoms with Crippen LogP contribution in [0.4, 0.5) is 30.2 Å². The van der Waals surface area contributed by atoms with Crippen LogP contribution in [0.25, 0.3) is 22.0 Å². The molecule has 3 aromatic carbocycles. The minimum Gasteiger partial charge on any atom is -0.396 e. The highest BCUT2D eigenvalue weighted by Gasteiger charge is 2.21. The summed E-state index contributed by atoms with van der Waals surface area (Å²) in [6.07, 6.45) is 5.64. The zero-order valence-electron chi connectivity index (χ0n) is 19.9. The number of pyridine rings is 1. The number of nitrogens with zero attached hydrogens (tertiary/aromatic N) is 2. The van der Waals surface area contributed by atoms with Gasteiger partial charge in [0.15, 0.2) is 17.5 Å². The van der Waals surface area contributed by atoms with Crippen LogP contribution in [0, 0.1) is 17.5 Å². The third kappa shape index (κ3) is 4.16. The maximum Gasteiger partial charge on any atom is 0.257 e. The molecule has 3 heterocycles. The van der Waals surface area contributed by atoms with Crippen LogP contribution in [0.5, 0.6) is 0 Å². The number of carbonyl (C=O) groups excluding carboxylic acids is 1. The molecule has 2 aromatic heterocycles. The zero-order chi connectivity index (χ0) is 26.4. The van der Waals surface area contributed by atoms with Crippen molar-refractivity contribution >= 4 is 33.9 Å².